The van der Waals surface area contributed by atoms with E-state index in [0.29, 0.717) is 0 Å². The summed E-state index contributed by atoms with van der Waals surface area (Å²) in [7, 11) is 0. The van der Waals surface area contributed by atoms with Crippen LogP contribution in [0.4, 0.5) is 0 Å². The molecule has 2 nitrogen and oxygen atoms in total. The first-order valence-electron chi connectivity index (χ1n) is 8.19. The van der Waals surface area contributed by atoms with Crippen molar-refractivity contribution in [2.75, 3.05) is 13.1 Å². The molecule has 110 valence electrons. The van der Waals surface area contributed by atoms with Gasteiger partial charge >= 0.3 is 0 Å². The minimum absolute atomic E-state index is 0.723. The second-order valence-electron chi connectivity index (χ2n) is 6.28. The van der Waals surface area contributed by atoms with Crippen molar-refractivity contribution in [3.05, 3.63) is 0 Å². The van der Waals surface area contributed by atoms with Gasteiger partial charge in [-0.2, -0.15) is 0 Å². The molecule has 3 heteroatoms. The molecular formula is C16H30N2S. The maximum atomic E-state index is 4.71. The highest BCUT2D eigenvalue weighted by atomic mass is 32.2. The largest absolute Gasteiger partial charge is 0.365 e. The zero-order chi connectivity index (χ0) is 13.7. The van der Waals surface area contributed by atoms with Crippen molar-refractivity contribution >= 4 is 16.9 Å². The van der Waals surface area contributed by atoms with Gasteiger partial charge in [-0.3, -0.25) is 4.99 Å². The summed E-state index contributed by atoms with van der Waals surface area (Å²) in [5.41, 5.74) is 0. The van der Waals surface area contributed by atoms with Gasteiger partial charge in [0.15, 0.2) is 5.17 Å². The number of amidine groups is 1. The molecule has 1 saturated carbocycles. The predicted octanol–water partition coefficient (Wildman–Crippen LogP) is 4.31. The van der Waals surface area contributed by atoms with Gasteiger partial charge in [0.05, 0.1) is 6.54 Å². The second kappa shape index (κ2) is 7.56. The SMILES string of the molecule is CCC(CC)C1CN=C(NCC2CCCCC2C)S1. The first-order valence-corrected chi connectivity index (χ1v) is 9.07. The van der Waals surface area contributed by atoms with Crippen LogP contribution in [-0.2, 0) is 0 Å². The fourth-order valence-corrected chi connectivity index (χ4v) is 4.79. The molecular weight excluding hydrogens is 252 g/mol. The van der Waals surface area contributed by atoms with Gasteiger partial charge in [0.1, 0.15) is 0 Å². The van der Waals surface area contributed by atoms with Gasteiger partial charge in [-0.15, -0.1) is 0 Å². The van der Waals surface area contributed by atoms with E-state index in [1.807, 2.05) is 11.8 Å². The summed E-state index contributed by atoms with van der Waals surface area (Å²) in [4.78, 5) is 4.71. The Bertz CT molecular complexity index is 299. The zero-order valence-corrected chi connectivity index (χ0v) is 13.6. The third kappa shape index (κ3) is 4.14. The molecule has 1 fully saturated rings. The third-order valence-corrected chi connectivity index (χ3v) is 6.39. The van der Waals surface area contributed by atoms with Crippen LogP contribution in [-0.4, -0.2) is 23.5 Å². The van der Waals surface area contributed by atoms with Crippen LogP contribution in [0.2, 0.25) is 0 Å². The molecule has 0 aromatic carbocycles. The highest BCUT2D eigenvalue weighted by Crippen LogP contribution is 2.32. The maximum absolute atomic E-state index is 4.71. The van der Waals surface area contributed by atoms with Gasteiger partial charge in [0.2, 0.25) is 0 Å². The van der Waals surface area contributed by atoms with Gasteiger partial charge in [0, 0.05) is 11.8 Å². The smallest absolute Gasteiger partial charge is 0.156 e. The molecule has 3 unspecified atom stereocenters. The molecule has 0 bridgehead atoms. The van der Waals surface area contributed by atoms with Gasteiger partial charge in [-0.1, -0.05) is 64.6 Å². The molecule has 2 aliphatic rings. The lowest BCUT2D eigenvalue weighted by molar-refractivity contribution is 0.257. The molecule has 1 N–H and O–H groups in total. The Balaban J connectivity index is 1.72. The molecule has 0 aromatic heterocycles. The van der Waals surface area contributed by atoms with Crippen LogP contribution in [0.25, 0.3) is 0 Å². The van der Waals surface area contributed by atoms with E-state index in [2.05, 4.69) is 26.1 Å². The molecule has 2 rings (SSSR count). The van der Waals surface area contributed by atoms with E-state index in [-0.39, 0.29) is 0 Å². The molecule has 0 amide bonds. The molecule has 0 saturated heterocycles. The summed E-state index contributed by atoms with van der Waals surface area (Å²) in [6.07, 6.45) is 8.26. The second-order valence-corrected chi connectivity index (χ2v) is 7.51. The van der Waals surface area contributed by atoms with E-state index in [0.717, 1.165) is 36.1 Å². The first kappa shape index (κ1) is 15.2. The fraction of sp³-hybridized carbons (Fsp3) is 0.938. The maximum Gasteiger partial charge on any atom is 0.156 e. The van der Waals surface area contributed by atoms with Crippen molar-refractivity contribution in [3.63, 3.8) is 0 Å². The number of aliphatic imine (C=N–C) groups is 1. The average molecular weight is 282 g/mol. The lowest BCUT2D eigenvalue weighted by atomic mass is 9.80. The summed E-state index contributed by atoms with van der Waals surface area (Å²) in [6, 6.07) is 0. The quantitative estimate of drug-likeness (QED) is 0.812. The van der Waals surface area contributed by atoms with E-state index in [9.17, 15) is 0 Å². The Morgan fingerprint density at radius 1 is 1.26 bits per heavy atom. The highest BCUT2D eigenvalue weighted by Gasteiger charge is 2.27. The van der Waals surface area contributed by atoms with Crippen molar-refractivity contribution in [1.29, 1.82) is 0 Å². The topological polar surface area (TPSA) is 24.4 Å². The number of nitrogens with one attached hydrogen (secondary N) is 1. The van der Waals surface area contributed by atoms with Gasteiger partial charge < -0.3 is 5.32 Å². The molecule has 0 radical (unpaired) electrons. The molecule has 3 atom stereocenters. The van der Waals surface area contributed by atoms with Gasteiger partial charge in [0.25, 0.3) is 0 Å². The van der Waals surface area contributed by atoms with Crippen molar-refractivity contribution in [3.8, 4) is 0 Å². The van der Waals surface area contributed by atoms with Crippen LogP contribution >= 0.6 is 11.8 Å². The molecule has 0 spiro atoms. The summed E-state index contributed by atoms with van der Waals surface area (Å²) in [5, 5.41) is 5.57. The Hall–Kier alpha value is -0.180. The molecule has 1 heterocycles. The zero-order valence-electron chi connectivity index (χ0n) is 12.8. The van der Waals surface area contributed by atoms with Gasteiger partial charge in [-0.05, 0) is 24.2 Å². The Morgan fingerprint density at radius 2 is 2.00 bits per heavy atom. The average Bonchev–Trinajstić information content (AvgIpc) is 2.88. The number of nitrogens with zero attached hydrogens (tertiary/aromatic N) is 1. The van der Waals surface area contributed by atoms with Crippen LogP contribution in [0.1, 0.15) is 59.3 Å². The van der Waals surface area contributed by atoms with Crippen LogP contribution in [0, 0.1) is 17.8 Å². The molecule has 1 aliphatic carbocycles. The van der Waals surface area contributed by atoms with Crippen molar-refractivity contribution in [1.82, 2.24) is 5.32 Å². The first-order chi connectivity index (χ1) is 9.24. The Kier molecular flexibility index (Phi) is 6.06. The molecule has 19 heavy (non-hydrogen) atoms. The number of thioether (sulfide) groups is 1. The standard InChI is InChI=1S/C16H30N2S/c1-4-13(5-2)15-11-18-16(19-15)17-10-14-9-7-6-8-12(14)3/h12-15H,4-11H2,1-3H3,(H,17,18). The van der Waals surface area contributed by atoms with Crippen LogP contribution in [0.5, 0.6) is 0 Å². The Labute approximate surface area is 123 Å². The van der Waals surface area contributed by atoms with E-state index >= 15 is 0 Å². The summed E-state index contributed by atoms with van der Waals surface area (Å²) in [5.74, 6) is 2.59. The lowest BCUT2D eigenvalue weighted by Gasteiger charge is -2.29. The van der Waals surface area contributed by atoms with Gasteiger partial charge in [-0.25, -0.2) is 0 Å². The van der Waals surface area contributed by atoms with E-state index in [4.69, 9.17) is 4.99 Å². The number of rotatable bonds is 5. The monoisotopic (exact) mass is 282 g/mol. The summed E-state index contributed by atoms with van der Waals surface area (Å²) in [6.45, 7) is 9.21. The Morgan fingerprint density at radius 3 is 2.68 bits per heavy atom. The van der Waals surface area contributed by atoms with Crippen LogP contribution < -0.4 is 5.32 Å². The minimum atomic E-state index is 0.723. The molecule has 0 aromatic rings. The van der Waals surface area contributed by atoms with Crippen molar-refractivity contribution in [2.45, 2.75) is 64.5 Å². The van der Waals surface area contributed by atoms with Crippen LogP contribution in [0.3, 0.4) is 0 Å². The van der Waals surface area contributed by atoms with E-state index < -0.39 is 0 Å². The normalized spacial score (nSPS) is 31.6. The van der Waals surface area contributed by atoms with Crippen LogP contribution in [0.15, 0.2) is 4.99 Å². The number of hydrogen-bond acceptors (Lipinski definition) is 3. The fourth-order valence-electron chi connectivity index (χ4n) is 3.46. The lowest BCUT2D eigenvalue weighted by Crippen LogP contribution is -2.32. The minimum Gasteiger partial charge on any atom is -0.365 e. The summed E-state index contributed by atoms with van der Waals surface area (Å²) >= 11 is 2.00. The van der Waals surface area contributed by atoms with Crippen molar-refractivity contribution < 1.29 is 0 Å². The van der Waals surface area contributed by atoms with E-state index in [1.165, 1.54) is 43.7 Å². The predicted molar refractivity (Wildman–Crippen MR) is 86.9 cm³/mol. The molecule has 1 aliphatic heterocycles. The summed E-state index contributed by atoms with van der Waals surface area (Å²) < 4.78 is 0. The number of hydrogen-bond donors (Lipinski definition) is 1. The van der Waals surface area contributed by atoms with Crippen molar-refractivity contribution in [2.24, 2.45) is 22.7 Å². The highest BCUT2D eigenvalue weighted by molar-refractivity contribution is 8.14. The third-order valence-electron chi connectivity index (χ3n) is 5.06. The van der Waals surface area contributed by atoms with E-state index in [1.54, 1.807) is 0 Å².